The molecule has 1 amide bonds. The second kappa shape index (κ2) is 7.14. The van der Waals surface area contributed by atoms with Crippen LogP contribution in [0.5, 0.6) is 0 Å². The number of hydrogen-bond acceptors (Lipinski definition) is 6. The van der Waals surface area contributed by atoms with Gasteiger partial charge in [-0.2, -0.15) is 5.10 Å². The van der Waals surface area contributed by atoms with Gasteiger partial charge in [0.25, 0.3) is 0 Å². The van der Waals surface area contributed by atoms with Crippen LogP contribution in [-0.4, -0.2) is 57.6 Å². The van der Waals surface area contributed by atoms with Crippen LogP contribution >= 0.6 is 0 Å². The topological polar surface area (TPSA) is 85.4 Å². The molecule has 1 saturated heterocycles. The van der Waals surface area contributed by atoms with Crippen molar-refractivity contribution in [1.29, 1.82) is 0 Å². The van der Waals surface area contributed by atoms with E-state index in [2.05, 4.69) is 20.5 Å². The van der Waals surface area contributed by atoms with Crippen LogP contribution in [0.15, 0.2) is 23.0 Å². The van der Waals surface area contributed by atoms with Gasteiger partial charge in [0.2, 0.25) is 5.91 Å². The van der Waals surface area contributed by atoms with Crippen molar-refractivity contribution in [3.05, 3.63) is 29.8 Å². The minimum atomic E-state index is -0.271. The molecule has 0 aliphatic carbocycles. The summed E-state index contributed by atoms with van der Waals surface area (Å²) in [4.78, 5) is 14.5. The van der Waals surface area contributed by atoms with Crippen molar-refractivity contribution in [2.75, 3.05) is 25.0 Å². The zero-order valence-electron chi connectivity index (χ0n) is 14.2. The van der Waals surface area contributed by atoms with E-state index in [1.165, 1.54) is 0 Å². The second-order valence-corrected chi connectivity index (χ2v) is 6.22. The Hall–Kier alpha value is -2.19. The molecule has 8 nitrogen and oxygen atoms in total. The number of morpholine rings is 1. The summed E-state index contributed by atoms with van der Waals surface area (Å²) < 4.78 is 12.7. The highest BCUT2D eigenvalue weighted by atomic mass is 16.5. The number of carbonyl (C=O) groups is 1. The zero-order valence-corrected chi connectivity index (χ0v) is 14.2. The first kappa shape index (κ1) is 16.7. The molecule has 0 radical (unpaired) electrons. The predicted octanol–water partition coefficient (Wildman–Crippen LogP) is 1.22. The Morgan fingerprint density at radius 3 is 3.00 bits per heavy atom. The van der Waals surface area contributed by atoms with Crippen molar-refractivity contribution in [3.63, 3.8) is 0 Å². The highest BCUT2D eigenvalue weighted by molar-refractivity contribution is 5.93. The maximum absolute atomic E-state index is 12.4. The quantitative estimate of drug-likeness (QED) is 0.885. The second-order valence-electron chi connectivity index (χ2n) is 6.22. The number of aryl methyl sites for hydroxylation is 2. The summed E-state index contributed by atoms with van der Waals surface area (Å²) in [5.74, 6) is 1.01. The Kier molecular flexibility index (Phi) is 4.96. The molecule has 0 unspecified atom stereocenters. The number of anilines is 1. The maximum Gasteiger partial charge on any atom is 0.242 e. The average Bonchev–Trinajstić information content (AvgIpc) is 3.15. The monoisotopic (exact) mass is 333 g/mol. The lowest BCUT2D eigenvalue weighted by molar-refractivity contribution is -0.124. The van der Waals surface area contributed by atoms with Gasteiger partial charge in [-0.05, 0) is 26.3 Å². The van der Waals surface area contributed by atoms with Gasteiger partial charge in [0.05, 0.1) is 31.5 Å². The van der Waals surface area contributed by atoms with Crippen LogP contribution in [0.4, 0.5) is 5.82 Å². The molecular weight excluding hydrogens is 310 g/mol. The number of rotatable bonds is 5. The number of nitrogens with zero attached hydrogens (tertiary/aromatic N) is 4. The first-order valence-electron chi connectivity index (χ1n) is 8.10. The number of nitrogens with one attached hydrogen (secondary N) is 1. The summed E-state index contributed by atoms with van der Waals surface area (Å²) in [6.45, 7) is 8.38. The Balaban J connectivity index is 1.55. The largest absolute Gasteiger partial charge is 0.374 e. The highest BCUT2D eigenvalue weighted by Gasteiger charge is 2.28. The van der Waals surface area contributed by atoms with Crippen molar-refractivity contribution in [2.45, 2.75) is 39.5 Å². The van der Waals surface area contributed by atoms with E-state index in [1.807, 2.05) is 30.9 Å². The molecular formula is C16H23N5O3. The number of amides is 1. The molecule has 2 aromatic rings. The minimum absolute atomic E-state index is 0.0163. The summed E-state index contributed by atoms with van der Waals surface area (Å²) in [5.41, 5.74) is 1.12. The molecule has 3 heterocycles. The van der Waals surface area contributed by atoms with E-state index in [0.717, 1.165) is 12.1 Å². The summed E-state index contributed by atoms with van der Waals surface area (Å²) in [6.07, 6.45) is 3.84. The van der Waals surface area contributed by atoms with Gasteiger partial charge < -0.3 is 14.6 Å². The molecule has 8 heteroatoms. The van der Waals surface area contributed by atoms with Gasteiger partial charge in [-0.3, -0.25) is 14.4 Å². The van der Waals surface area contributed by atoms with Crippen molar-refractivity contribution in [1.82, 2.24) is 19.8 Å². The van der Waals surface area contributed by atoms with E-state index < -0.39 is 0 Å². The number of carbonyl (C=O) groups excluding carboxylic acids is 1. The van der Waals surface area contributed by atoms with Crippen molar-refractivity contribution < 1.29 is 14.1 Å². The lowest BCUT2D eigenvalue weighted by Crippen LogP contribution is -2.51. The number of aromatic nitrogens is 3. The third-order valence-electron chi connectivity index (χ3n) is 4.13. The number of hydrogen-bond donors (Lipinski definition) is 1. The molecule has 0 saturated carbocycles. The normalized spacial score (nSPS) is 20.0. The molecule has 3 rings (SSSR count). The van der Waals surface area contributed by atoms with Crippen LogP contribution in [-0.2, 0) is 16.1 Å². The fourth-order valence-corrected chi connectivity index (χ4v) is 2.80. The molecule has 2 aromatic heterocycles. The number of ether oxygens (including phenoxy) is 1. The fourth-order valence-electron chi connectivity index (χ4n) is 2.80. The smallest absolute Gasteiger partial charge is 0.242 e. The molecule has 2 atom stereocenters. The van der Waals surface area contributed by atoms with Crippen LogP contribution in [0.3, 0.4) is 0 Å². The Labute approximate surface area is 140 Å². The molecule has 1 aliphatic heterocycles. The molecule has 24 heavy (non-hydrogen) atoms. The van der Waals surface area contributed by atoms with E-state index >= 15 is 0 Å². The van der Waals surface area contributed by atoms with Crippen LogP contribution in [0.2, 0.25) is 0 Å². The molecule has 1 aliphatic rings. The summed E-state index contributed by atoms with van der Waals surface area (Å²) in [6, 6.07) is 1.43. The van der Waals surface area contributed by atoms with Crippen LogP contribution in [0.1, 0.15) is 18.2 Å². The van der Waals surface area contributed by atoms with E-state index in [1.54, 1.807) is 13.0 Å². The van der Waals surface area contributed by atoms with Gasteiger partial charge in [-0.25, -0.2) is 0 Å². The van der Waals surface area contributed by atoms with Crippen LogP contribution in [0.25, 0.3) is 0 Å². The fraction of sp³-hybridized carbons (Fsp3) is 0.562. The van der Waals surface area contributed by atoms with Gasteiger partial charge in [0.15, 0.2) is 5.82 Å². The summed E-state index contributed by atoms with van der Waals surface area (Å²) in [7, 11) is 0. The van der Waals surface area contributed by atoms with E-state index in [9.17, 15) is 4.79 Å². The van der Waals surface area contributed by atoms with Gasteiger partial charge in [-0.15, -0.1) is 0 Å². The first-order chi connectivity index (χ1) is 11.5. The Morgan fingerprint density at radius 1 is 1.50 bits per heavy atom. The lowest BCUT2D eigenvalue weighted by atomic mass is 10.2. The average molecular weight is 333 g/mol. The molecule has 130 valence electrons. The van der Waals surface area contributed by atoms with E-state index in [-0.39, 0.29) is 18.1 Å². The van der Waals surface area contributed by atoms with Crippen LogP contribution < -0.4 is 5.32 Å². The standard InChI is InChI=1S/C16H23N5O3/c1-11-7-17-21(8-11)10-14-9-20(4-5-23-14)13(3)16(22)18-15-6-12(2)24-19-15/h6-8,13-14H,4-5,9-10H2,1-3H3,(H,18,19,22)/t13-,14+/m0/s1. The third-order valence-corrected chi connectivity index (χ3v) is 4.13. The lowest BCUT2D eigenvalue weighted by Gasteiger charge is -2.35. The molecule has 1 fully saturated rings. The molecule has 0 aromatic carbocycles. The first-order valence-corrected chi connectivity index (χ1v) is 8.10. The minimum Gasteiger partial charge on any atom is -0.374 e. The molecule has 1 N–H and O–H groups in total. The third kappa shape index (κ3) is 4.01. The van der Waals surface area contributed by atoms with Gasteiger partial charge in [0, 0.05) is 25.4 Å². The van der Waals surface area contributed by atoms with Gasteiger partial charge in [-0.1, -0.05) is 5.16 Å². The van der Waals surface area contributed by atoms with Crippen molar-refractivity contribution >= 4 is 11.7 Å². The van der Waals surface area contributed by atoms with Gasteiger partial charge >= 0.3 is 0 Å². The van der Waals surface area contributed by atoms with Crippen molar-refractivity contribution in [3.8, 4) is 0 Å². The van der Waals surface area contributed by atoms with Crippen LogP contribution in [0, 0.1) is 13.8 Å². The highest BCUT2D eigenvalue weighted by Crippen LogP contribution is 2.13. The summed E-state index contributed by atoms with van der Waals surface area (Å²) in [5, 5.41) is 10.9. The molecule has 0 spiro atoms. The Bertz CT molecular complexity index is 695. The zero-order chi connectivity index (χ0) is 17.1. The Morgan fingerprint density at radius 2 is 2.33 bits per heavy atom. The van der Waals surface area contributed by atoms with E-state index in [4.69, 9.17) is 9.26 Å². The molecule has 0 bridgehead atoms. The van der Waals surface area contributed by atoms with Crippen molar-refractivity contribution in [2.24, 2.45) is 0 Å². The van der Waals surface area contributed by atoms with E-state index in [0.29, 0.717) is 31.3 Å². The SMILES string of the molecule is Cc1cnn(C[C@H]2CN([C@@H](C)C(=O)Nc3cc(C)on3)CCO2)c1. The van der Waals surface area contributed by atoms with Gasteiger partial charge in [0.1, 0.15) is 5.76 Å². The predicted molar refractivity (Wildman–Crippen MR) is 87.6 cm³/mol. The maximum atomic E-state index is 12.4. The summed E-state index contributed by atoms with van der Waals surface area (Å²) >= 11 is 0.